The molecule has 0 radical (unpaired) electrons. The zero-order valence-corrected chi connectivity index (χ0v) is 14.7. The first-order valence-electron chi connectivity index (χ1n) is 8.84. The maximum atomic E-state index is 10.2. The van der Waals surface area contributed by atoms with Crippen LogP contribution in [0.1, 0.15) is 34.8 Å². The first-order valence-corrected chi connectivity index (χ1v) is 8.84. The van der Waals surface area contributed by atoms with Gasteiger partial charge in [0, 0.05) is 22.3 Å². The summed E-state index contributed by atoms with van der Waals surface area (Å²) in [7, 11) is 0. The van der Waals surface area contributed by atoms with Crippen LogP contribution in [0.15, 0.2) is 82.8 Å². The van der Waals surface area contributed by atoms with Gasteiger partial charge in [0.25, 0.3) is 0 Å². The molecule has 2 aliphatic rings. The molecule has 138 valence electrons. The highest BCUT2D eigenvalue weighted by molar-refractivity contribution is 6.00. The highest BCUT2D eigenvalue weighted by Gasteiger charge is 2.24. The highest BCUT2D eigenvalue weighted by Crippen LogP contribution is 2.34. The third-order valence-corrected chi connectivity index (χ3v) is 4.67. The lowest BCUT2D eigenvalue weighted by atomic mass is 10.1. The summed E-state index contributed by atoms with van der Waals surface area (Å²) in [6.07, 6.45) is -2.11. The van der Waals surface area contributed by atoms with E-state index in [0.29, 0.717) is 34.3 Å². The quantitative estimate of drug-likeness (QED) is 0.715. The number of aliphatic hydroxyl groups excluding tert-OH is 2. The fraction of sp³-hybridized carbons (Fsp3) is 0.0909. The van der Waals surface area contributed by atoms with Crippen LogP contribution in [0.4, 0.5) is 11.4 Å². The molecule has 2 heterocycles. The average Bonchev–Trinajstić information content (AvgIpc) is 2.74. The van der Waals surface area contributed by atoms with Crippen LogP contribution in [0.5, 0.6) is 0 Å². The van der Waals surface area contributed by atoms with Gasteiger partial charge in [-0.1, -0.05) is 36.4 Å². The van der Waals surface area contributed by atoms with E-state index in [0.717, 1.165) is 11.1 Å². The summed E-state index contributed by atoms with van der Waals surface area (Å²) in [5.74, 6) is 0.685. The number of para-hydroxylation sites is 2. The van der Waals surface area contributed by atoms with E-state index >= 15 is 0 Å². The minimum Gasteiger partial charge on any atom is -0.443 e. The van der Waals surface area contributed by atoms with Crippen molar-refractivity contribution in [3.8, 4) is 0 Å². The van der Waals surface area contributed by atoms with Crippen molar-refractivity contribution in [3.63, 3.8) is 0 Å². The maximum Gasteiger partial charge on any atom is 0.228 e. The molecule has 0 saturated heterocycles. The van der Waals surface area contributed by atoms with Gasteiger partial charge in [0.2, 0.25) is 24.4 Å². The van der Waals surface area contributed by atoms with Crippen LogP contribution in [0.3, 0.4) is 0 Å². The number of nitrogens with zero attached hydrogens (tertiary/aromatic N) is 2. The largest absolute Gasteiger partial charge is 0.443 e. The zero-order chi connectivity index (χ0) is 19.1. The van der Waals surface area contributed by atoms with E-state index in [1.54, 1.807) is 12.1 Å². The van der Waals surface area contributed by atoms with Gasteiger partial charge in [-0.25, -0.2) is 9.98 Å². The number of aliphatic hydroxyl groups is 2. The Balaban J connectivity index is 1.46. The molecule has 2 N–H and O–H groups in total. The third-order valence-electron chi connectivity index (χ3n) is 4.67. The molecule has 0 bridgehead atoms. The van der Waals surface area contributed by atoms with Crippen LogP contribution in [-0.4, -0.2) is 22.0 Å². The minimum atomic E-state index is -1.05. The molecule has 2 atom stereocenters. The molecule has 0 saturated carbocycles. The third kappa shape index (κ3) is 2.85. The van der Waals surface area contributed by atoms with Crippen molar-refractivity contribution in [2.45, 2.75) is 12.6 Å². The lowest BCUT2D eigenvalue weighted by Gasteiger charge is -2.23. The molecule has 0 spiro atoms. The first-order chi connectivity index (χ1) is 13.7. The van der Waals surface area contributed by atoms with E-state index in [-0.39, 0.29) is 0 Å². The van der Waals surface area contributed by atoms with Crippen molar-refractivity contribution in [3.05, 3.63) is 95.1 Å². The maximum absolute atomic E-state index is 10.2. The highest BCUT2D eigenvalue weighted by atomic mass is 16.6. The molecule has 2 aliphatic heterocycles. The molecule has 0 aromatic heterocycles. The minimum absolute atomic E-state index is 0.342. The molecule has 0 aliphatic carbocycles. The van der Waals surface area contributed by atoms with E-state index < -0.39 is 12.6 Å². The number of ether oxygens (including phenoxy) is 2. The first kappa shape index (κ1) is 16.7. The van der Waals surface area contributed by atoms with Gasteiger partial charge in [-0.3, -0.25) is 0 Å². The average molecular weight is 372 g/mol. The summed E-state index contributed by atoms with van der Waals surface area (Å²) in [6, 6.07) is 21.9. The van der Waals surface area contributed by atoms with Crippen LogP contribution in [0.2, 0.25) is 0 Å². The van der Waals surface area contributed by atoms with Crippen LogP contribution in [0.25, 0.3) is 0 Å². The van der Waals surface area contributed by atoms with Gasteiger partial charge in [-0.05, 0) is 36.4 Å². The molecule has 2 unspecified atom stereocenters. The predicted octanol–water partition coefficient (Wildman–Crippen LogP) is 3.89. The Labute approximate surface area is 161 Å². The summed E-state index contributed by atoms with van der Waals surface area (Å²) in [4.78, 5) is 8.97. The van der Waals surface area contributed by atoms with E-state index in [1.165, 1.54) is 0 Å². The zero-order valence-electron chi connectivity index (χ0n) is 14.7. The van der Waals surface area contributed by atoms with Crippen LogP contribution in [-0.2, 0) is 9.47 Å². The summed E-state index contributed by atoms with van der Waals surface area (Å²) in [5.41, 5.74) is 4.07. The van der Waals surface area contributed by atoms with Gasteiger partial charge in [-0.2, -0.15) is 0 Å². The van der Waals surface area contributed by atoms with Crippen molar-refractivity contribution in [1.82, 2.24) is 0 Å². The Kier molecular flexibility index (Phi) is 3.93. The Morgan fingerprint density at radius 3 is 1.39 bits per heavy atom. The lowest BCUT2D eigenvalue weighted by molar-refractivity contribution is -0.0322. The monoisotopic (exact) mass is 372 g/mol. The lowest BCUT2D eigenvalue weighted by Crippen LogP contribution is -2.18. The van der Waals surface area contributed by atoms with Crippen LogP contribution >= 0.6 is 0 Å². The molecule has 6 heteroatoms. The Bertz CT molecular complexity index is 1020. The number of fused-ring (bicyclic) bond motifs is 2. The smallest absolute Gasteiger partial charge is 0.228 e. The predicted molar refractivity (Wildman–Crippen MR) is 104 cm³/mol. The molecule has 3 aromatic rings. The van der Waals surface area contributed by atoms with E-state index in [4.69, 9.17) is 9.47 Å². The van der Waals surface area contributed by atoms with Gasteiger partial charge >= 0.3 is 0 Å². The SMILES string of the molecule is OC1OC(c2ccc(C3=Nc4ccccc4C(O)O3)cc2)=Nc2ccccc21. The Hall–Kier alpha value is -3.48. The normalized spacial score (nSPS) is 20.1. The molecule has 5 rings (SSSR count). The number of hydrogen-bond acceptors (Lipinski definition) is 6. The summed E-state index contributed by atoms with van der Waals surface area (Å²) in [5, 5.41) is 20.4. The fourth-order valence-electron chi connectivity index (χ4n) is 3.23. The molecule has 0 fully saturated rings. The molecule has 3 aromatic carbocycles. The van der Waals surface area contributed by atoms with E-state index in [2.05, 4.69) is 9.98 Å². The summed E-state index contributed by atoms with van der Waals surface area (Å²) < 4.78 is 11.1. The van der Waals surface area contributed by atoms with Crippen molar-refractivity contribution in [2.75, 3.05) is 0 Å². The van der Waals surface area contributed by atoms with Crippen LogP contribution in [0, 0.1) is 0 Å². The summed E-state index contributed by atoms with van der Waals surface area (Å²) >= 11 is 0. The van der Waals surface area contributed by atoms with Crippen molar-refractivity contribution in [2.24, 2.45) is 9.98 Å². The number of hydrogen-bond donors (Lipinski definition) is 2. The van der Waals surface area contributed by atoms with E-state index in [1.807, 2.05) is 60.7 Å². The fourth-order valence-corrected chi connectivity index (χ4v) is 3.23. The Morgan fingerprint density at radius 1 is 0.571 bits per heavy atom. The molecule has 0 amide bonds. The summed E-state index contributed by atoms with van der Waals surface area (Å²) in [6.45, 7) is 0. The second kappa shape index (κ2) is 6.60. The number of benzene rings is 3. The second-order valence-electron chi connectivity index (χ2n) is 6.47. The molecular formula is C22H16N2O4. The topological polar surface area (TPSA) is 83.6 Å². The molecular weight excluding hydrogens is 356 g/mol. The van der Waals surface area contributed by atoms with E-state index in [9.17, 15) is 10.2 Å². The van der Waals surface area contributed by atoms with Crippen molar-refractivity contribution >= 4 is 23.2 Å². The van der Waals surface area contributed by atoms with Gasteiger partial charge in [0.05, 0.1) is 11.4 Å². The number of aliphatic imine (C=N–C) groups is 2. The van der Waals surface area contributed by atoms with Gasteiger partial charge in [0.1, 0.15) is 0 Å². The Morgan fingerprint density at radius 2 is 0.964 bits per heavy atom. The van der Waals surface area contributed by atoms with Crippen molar-refractivity contribution < 1.29 is 19.7 Å². The number of rotatable bonds is 2. The molecule has 6 nitrogen and oxygen atoms in total. The van der Waals surface area contributed by atoms with Gasteiger partial charge < -0.3 is 19.7 Å². The van der Waals surface area contributed by atoms with Gasteiger partial charge in [0.15, 0.2) is 0 Å². The second-order valence-corrected chi connectivity index (χ2v) is 6.47. The van der Waals surface area contributed by atoms with Crippen molar-refractivity contribution in [1.29, 1.82) is 0 Å². The molecule has 28 heavy (non-hydrogen) atoms. The van der Waals surface area contributed by atoms with Crippen LogP contribution < -0.4 is 0 Å². The standard InChI is InChI=1S/C22H16N2O4/c25-21-15-5-1-3-7-17(15)23-19(27-21)13-9-11-14(12-10-13)20-24-18-8-4-2-6-16(18)22(26)28-20/h1-12,21-22,25-26H. The van der Waals surface area contributed by atoms with Gasteiger partial charge in [-0.15, -0.1) is 0 Å².